The van der Waals surface area contributed by atoms with E-state index in [2.05, 4.69) is 5.32 Å². The van der Waals surface area contributed by atoms with E-state index in [1.54, 1.807) is 26.2 Å². The molecule has 19 heavy (non-hydrogen) atoms. The van der Waals surface area contributed by atoms with Crippen LogP contribution in [0.5, 0.6) is 5.75 Å². The molecule has 1 aromatic heterocycles. The number of carbonyl (C=O) groups is 1. The lowest BCUT2D eigenvalue weighted by Gasteiger charge is -2.25. The lowest BCUT2D eigenvalue weighted by molar-refractivity contribution is -0.134. The molecule has 0 radical (unpaired) electrons. The molecule has 0 bridgehead atoms. The summed E-state index contributed by atoms with van der Waals surface area (Å²) in [4.78, 5) is 12.1. The third-order valence-electron chi connectivity index (χ3n) is 2.67. The Kier molecular flexibility index (Phi) is 3.90. The number of para-hydroxylation sites is 1. The monoisotopic (exact) mass is 259 g/mol. The quantitative estimate of drug-likeness (QED) is 0.898. The first-order chi connectivity index (χ1) is 9.08. The third kappa shape index (κ3) is 3.61. The van der Waals surface area contributed by atoms with Gasteiger partial charge in [-0.2, -0.15) is 0 Å². The third-order valence-corrected chi connectivity index (χ3v) is 2.67. The Hall–Kier alpha value is -2.23. The van der Waals surface area contributed by atoms with Crippen LogP contribution in [0.4, 0.5) is 0 Å². The zero-order valence-corrected chi connectivity index (χ0v) is 11.1. The molecule has 0 spiro atoms. The van der Waals surface area contributed by atoms with E-state index in [0.717, 1.165) is 0 Å². The van der Waals surface area contributed by atoms with Crippen LogP contribution < -0.4 is 10.1 Å². The van der Waals surface area contributed by atoms with Gasteiger partial charge in [-0.25, -0.2) is 0 Å². The summed E-state index contributed by atoms with van der Waals surface area (Å²) in [7, 11) is 0. The van der Waals surface area contributed by atoms with E-state index in [4.69, 9.17) is 9.15 Å². The summed E-state index contributed by atoms with van der Waals surface area (Å²) in [5, 5.41) is 2.79. The number of rotatable bonds is 5. The normalized spacial score (nSPS) is 11.1. The van der Waals surface area contributed by atoms with Gasteiger partial charge in [0.2, 0.25) is 0 Å². The Balaban J connectivity index is 1.93. The molecule has 0 fully saturated rings. The molecule has 4 nitrogen and oxygen atoms in total. The summed E-state index contributed by atoms with van der Waals surface area (Å²) in [6.07, 6.45) is 1.58. The van der Waals surface area contributed by atoms with Crippen molar-refractivity contribution >= 4 is 5.91 Å². The van der Waals surface area contributed by atoms with Gasteiger partial charge in [-0.1, -0.05) is 18.2 Å². The summed E-state index contributed by atoms with van der Waals surface area (Å²) >= 11 is 0. The molecule has 1 N–H and O–H groups in total. The molecule has 0 unspecified atom stereocenters. The van der Waals surface area contributed by atoms with E-state index in [-0.39, 0.29) is 5.91 Å². The van der Waals surface area contributed by atoms with Crippen LogP contribution in [0, 0.1) is 0 Å². The average Bonchev–Trinajstić information content (AvgIpc) is 2.89. The highest BCUT2D eigenvalue weighted by molar-refractivity contribution is 5.84. The van der Waals surface area contributed by atoms with Crippen molar-refractivity contribution in [3.63, 3.8) is 0 Å². The van der Waals surface area contributed by atoms with Gasteiger partial charge in [0.1, 0.15) is 11.5 Å². The SMILES string of the molecule is CC(C)(Oc1ccccc1)C(=O)NCc1ccco1. The summed E-state index contributed by atoms with van der Waals surface area (Å²) in [5.41, 5.74) is -0.937. The largest absolute Gasteiger partial charge is 0.478 e. The van der Waals surface area contributed by atoms with E-state index in [0.29, 0.717) is 18.1 Å². The molecule has 1 heterocycles. The maximum absolute atomic E-state index is 12.1. The van der Waals surface area contributed by atoms with Crippen LogP contribution in [0.15, 0.2) is 53.1 Å². The second kappa shape index (κ2) is 5.61. The van der Waals surface area contributed by atoms with E-state index < -0.39 is 5.60 Å². The Labute approximate surface area is 112 Å². The second-order valence-electron chi connectivity index (χ2n) is 4.69. The van der Waals surface area contributed by atoms with Crippen molar-refractivity contribution < 1.29 is 13.9 Å². The molecular weight excluding hydrogens is 242 g/mol. The summed E-state index contributed by atoms with van der Waals surface area (Å²) < 4.78 is 10.9. The maximum Gasteiger partial charge on any atom is 0.263 e. The lowest BCUT2D eigenvalue weighted by Crippen LogP contribution is -2.46. The van der Waals surface area contributed by atoms with Crippen molar-refractivity contribution in [2.45, 2.75) is 26.0 Å². The second-order valence-corrected chi connectivity index (χ2v) is 4.69. The van der Waals surface area contributed by atoms with Crippen LogP contribution in [0.1, 0.15) is 19.6 Å². The Morgan fingerprint density at radius 3 is 2.58 bits per heavy atom. The Bertz CT molecular complexity index is 518. The number of carbonyl (C=O) groups excluding carboxylic acids is 1. The van der Waals surface area contributed by atoms with Crippen molar-refractivity contribution in [1.82, 2.24) is 5.32 Å². The minimum atomic E-state index is -0.937. The first-order valence-electron chi connectivity index (χ1n) is 6.13. The predicted molar refractivity (Wildman–Crippen MR) is 71.7 cm³/mol. The first kappa shape index (κ1) is 13.2. The van der Waals surface area contributed by atoms with Crippen LogP contribution in [0.2, 0.25) is 0 Å². The molecular formula is C15H17NO3. The molecule has 4 heteroatoms. The molecule has 0 aliphatic rings. The van der Waals surface area contributed by atoms with Crippen molar-refractivity contribution in [1.29, 1.82) is 0 Å². The first-order valence-corrected chi connectivity index (χ1v) is 6.13. The highest BCUT2D eigenvalue weighted by Gasteiger charge is 2.29. The summed E-state index contributed by atoms with van der Waals surface area (Å²) in [5.74, 6) is 1.19. The van der Waals surface area contributed by atoms with Gasteiger partial charge < -0.3 is 14.5 Å². The fourth-order valence-electron chi connectivity index (χ4n) is 1.62. The van der Waals surface area contributed by atoms with Crippen LogP contribution >= 0.6 is 0 Å². The fourth-order valence-corrected chi connectivity index (χ4v) is 1.62. The van der Waals surface area contributed by atoms with E-state index in [1.165, 1.54) is 0 Å². The minimum Gasteiger partial charge on any atom is -0.478 e. The van der Waals surface area contributed by atoms with Crippen molar-refractivity contribution in [3.8, 4) is 5.75 Å². The van der Waals surface area contributed by atoms with Gasteiger partial charge in [0, 0.05) is 0 Å². The standard InChI is InChI=1S/C15H17NO3/c1-15(2,19-12-7-4-3-5-8-12)14(17)16-11-13-9-6-10-18-13/h3-10H,11H2,1-2H3,(H,16,17). The highest BCUT2D eigenvalue weighted by atomic mass is 16.5. The zero-order chi connectivity index (χ0) is 13.7. The van der Waals surface area contributed by atoms with E-state index >= 15 is 0 Å². The van der Waals surface area contributed by atoms with E-state index in [1.807, 2.05) is 36.4 Å². The van der Waals surface area contributed by atoms with Gasteiger partial charge in [-0.3, -0.25) is 4.79 Å². The summed E-state index contributed by atoms with van der Waals surface area (Å²) in [6.45, 7) is 3.82. The molecule has 2 rings (SSSR count). The van der Waals surface area contributed by atoms with Crippen LogP contribution in [-0.2, 0) is 11.3 Å². The highest BCUT2D eigenvalue weighted by Crippen LogP contribution is 2.17. The number of amides is 1. The Morgan fingerprint density at radius 1 is 1.21 bits per heavy atom. The van der Waals surface area contributed by atoms with Crippen LogP contribution in [0.3, 0.4) is 0 Å². The van der Waals surface area contributed by atoms with Gasteiger partial charge in [-0.15, -0.1) is 0 Å². The number of furan rings is 1. The minimum absolute atomic E-state index is 0.187. The fraction of sp³-hybridized carbons (Fsp3) is 0.267. The molecule has 100 valence electrons. The molecule has 0 saturated carbocycles. The van der Waals surface area contributed by atoms with Crippen molar-refractivity contribution in [2.75, 3.05) is 0 Å². The van der Waals surface area contributed by atoms with Gasteiger partial charge >= 0.3 is 0 Å². The number of ether oxygens (including phenoxy) is 1. The van der Waals surface area contributed by atoms with Crippen molar-refractivity contribution in [3.05, 3.63) is 54.5 Å². The average molecular weight is 259 g/mol. The lowest BCUT2D eigenvalue weighted by atomic mass is 10.1. The number of hydrogen-bond donors (Lipinski definition) is 1. The number of hydrogen-bond acceptors (Lipinski definition) is 3. The van der Waals surface area contributed by atoms with E-state index in [9.17, 15) is 4.79 Å². The molecule has 2 aromatic rings. The molecule has 0 saturated heterocycles. The van der Waals surface area contributed by atoms with Crippen molar-refractivity contribution in [2.24, 2.45) is 0 Å². The predicted octanol–water partition coefficient (Wildman–Crippen LogP) is 2.75. The van der Waals surface area contributed by atoms with Gasteiger partial charge in [0.25, 0.3) is 5.91 Å². The topological polar surface area (TPSA) is 51.5 Å². The summed E-state index contributed by atoms with van der Waals surface area (Å²) in [6, 6.07) is 12.9. The molecule has 0 atom stereocenters. The maximum atomic E-state index is 12.1. The van der Waals surface area contributed by atoms with Gasteiger partial charge in [0.05, 0.1) is 12.8 Å². The van der Waals surface area contributed by atoms with Gasteiger partial charge in [-0.05, 0) is 38.1 Å². The Morgan fingerprint density at radius 2 is 1.95 bits per heavy atom. The number of benzene rings is 1. The number of nitrogens with one attached hydrogen (secondary N) is 1. The zero-order valence-electron chi connectivity index (χ0n) is 11.1. The molecule has 1 aromatic carbocycles. The molecule has 0 aliphatic heterocycles. The van der Waals surface area contributed by atoms with Crippen LogP contribution in [-0.4, -0.2) is 11.5 Å². The van der Waals surface area contributed by atoms with Crippen LogP contribution in [0.25, 0.3) is 0 Å². The smallest absolute Gasteiger partial charge is 0.263 e. The van der Waals surface area contributed by atoms with Gasteiger partial charge in [0.15, 0.2) is 5.60 Å². The molecule has 0 aliphatic carbocycles. The molecule has 1 amide bonds.